The Balaban J connectivity index is 2.44. The van der Waals surface area contributed by atoms with Gasteiger partial charge in [-0.25, -0.2) is 9.18 Å². The SMILES string of the molecule is O=C(O)C(O)c1cccc(F)c1-c1ccc(OC(F)(F)F)cc1. The molecule has 0 saturated heterocycles. The first-order valence-electron chi connectivity index (χ1n) is 6.24. The van der Waals surface area contributed by atoms with Crippen molar-refractivity contribution in [2.45, 2.75) is 12.5 Å². The van der Waals surface area contributed by atoms with E-state index in [0.29, 0.717) is 0 Å². The lowest BCUT2D eigenvalue weighted by molar-refractivity contribution is -0.274. The standard InChI is InChI=1S/C15H10F4O4/c16-11-3-1-2-10(13(20)14(21)22)12(11)8-4-6-9(7-5-8)23-15(17,18)19/h1-7,13,20H,(H,21,22). The molecule has 2 rings (SSSR count). The number of hydrogen-bond acceptors (Lipinski definition) is 3. The van der Waals surface area contributed by atoms with Crippen LogP contribution in [0.25, 0.3) is 11.1 Å². The molecule has 122 valence electrons. The Morgan fingerprint density at radius 2 is 1.70 bits per heavy atom. The van der Waals surface area contributed by atoms with Crippen LogP contribution in [-0.4, -0.2) is 22.5 Å². The normalized spacial score (nSPS) is 12.7. The van der Waals surface area contributed by atoms with Crippen LogP contribution in [0.2, 0.25) is 0 Å². The monoisotopic (exact) mass is 330 g/mol. The second kappa shape index (κ2) is 6.25. The van der Waals surface area contributed by atoms with Gasteiger partial charge < -0.3 is 14.9 Å². The van der Waals surface area contributed by atoms with E-state index < -0.39 is 30.0 Å². The van der Waals surface area contributed by atoms with Gasteiger partial charge >= 0.3 is 12.3 Å². The van der Waals surface area contributed by atoms with E-state index >= 15 is 0 Å². The molecule has 23 heavy (non-hydrogen) atoms. The maximum atomic E-state index is 14.0. The van der Waals surface area contributed by atoms with Gasteiger partial charge in [0.15, 0.2) is 6.10 Å². The summed E-state index contributed by atoms with van der Waals surface area (Å²) in [6.07, 6.45) is -6.82. The van der Waals surface area contributed by atoms with Crippen molar-refractivity contribution in [3.05, 3.63) is 53.8 Å². The highest BCUT2D eigenvalue weighted by Gasteiger charge is 2.31. The number of carbonyl (C=O) groups is 1. The van der Waals surface area contributed by atoms with Crippen molar-refractivity contribution >= 4 is 5.97 Å². The Bertz CT molecular complexity index is 710. The lowest BCUT2D eigenvalue weighted by Crippen LogP contribution is -2.17. The molecule has 1 atom stereocenters. The van der Waals surface area contributed by atoms with Crippen LogP contribution in [0.4, 0.5) is 17.6 Å². The number of halogens is 4. The number of ether oxygens (including phenoxy) is 1. The van der Waals surface area contributed by atoms with Gasteiger partial charge in [-0.05, 0) is 23.8 Å². The molecule has 0 heterocycles. The maximum Gasteiger partial charge on any atom is 0.573 e. The quantitative estimate of drug-likeness (QED) is 0.842. The predicted octanol–water partition coefficient (Wildman–Crippen LogP) is 3.51. The van der Waals surface area contributed by atoms with E-state index in [-0.39, 0.29) is 16.7 Å². The zero-order valence-corrected chi connectivity index (χ0v) is 11.3. The van der Waals surface area contributed by atoms with Crippen LogP contribution in [0, 0.1) is 5.82 Å². The Kier molecular flexibility index (Phi) is 4.55. The Morgan fingerprint density at radius 1 is 1.09 bits per heavy atom. The fourth-order valence-corrected chi connectivity index (χ4v) is 2.03. The van der Waals surface area contributed by atoms with Gasteiger partial charge in [-0.2, -0.15) is 0 Å². The molecule has 2 N–H and O–H groups in total. The van der Waals surface area contributed by atoms with Crippen molar-refractivity contribution < 1.29 is 37.3 Å². The van der Waals surface area contributed by atoms with Crippen molar-refractivity contribution in [1.82, 2.24) is 0 Å². The molecule has 0 aliphatic rings. The first-order valence-corrected chi connectivity index (χ1v) is 6.24. The van der Waals surface area contributed by atoms with E-state index in [4.69, 9.17) is 5.11 Å². The molecule has 0 aliphatic heterocycles. The van der Waals surface area contributed by atoms with Crippen LogP contribution in [0.15, 0.2) is 42.5 Å². The van der Waals surface area contributed by atoms with E-state index in [1.165, 1.54) is 12.1 Å². The molecule has 2 aromatic carbocycles. The minimum absolute atomic E-state index is 0.105. The van der Waals surface area contributed by atoms with Gasteiger partial charge in [-0.3, -0.25) is 0 Å². The van der Waals surface area contributed by atoms with E-state index in [2.05, 4.69) is 4.74 Å². The van der Waals surface area contributed by atoms with Crippen LogP contribution < -0.4 is 4.74 Å². The summed E-state index contributed by atoms with van der Waals surface area (Å²) in [7, 11) is 0. The molecule has 1 unspecified atom stereocenters. The van der Waals surface area contributed by atoms with Gasteiger partial charge in [0.1, 0.15) is 11.6 Å². The highest BCUT2D eigenvalue weighted by Crippen LogP contribution is 2.33. The van der Waals surface area contributed by atoms with Crippen molar-refractivity contribution in [1.29, 1.82) is 0 Å². The zero-order chi connectivity index (χ0) is 17.2. The van der Waals surface area contributed by atoms with Crippen LogP contribution in [-0.2, 0) is 4.79 Å². The van der Waals surface area contributed by atoms with Crippen molar-refractivity contribution in [2.24, 2.45) is 0 Å². The summed E-state index contributed by atoms with van der Waals surface area (Å²) in [5.41, 5.74) is -0.309. The third-order valence-electron chi connectivity index (χ3n) is 2.95. The van der Waals surface area contributed by atoms with Crippen molar-refractivity contribution in [3.63, 3.8) is 0 Å². The molecule has 0 aromatic heterocycles. The summed E-state index contributed by atoms with van der Waals surface area (Å²) >= 11 is 0. The molecular weight excluding hydrogens is 320 g/mol. The molecule has 4 nitrogen and oxygen atoms in total. The number of aliphatic hydroxyl groups is 1. The summed E-state index contributed by atoms with van der Waals surface area (Å²) in [5, 5.41) is 18.5. The summed E-state index contributed by atoms with van der Waals surface area (Å²) in [5.74, 6) is -2.89. The van der Waals surface area contributed by atoms with E-state index in [1.54, 1.807) is 0 Å². The first kappa shape index (κ1) is 16.8. The molecule has 0 aliphatic carbocycles. The summed E-state index contributed by atoms with van der Waals surface area (Å²) in [6.45, 7) is 0. The molecule has 0 fully saturated rings. The number of carboxylic acids is 1. The van der Waals surface area contributed by atoms with Crippen LogP contribution >= 0.6 is 0 Å². The second-order valence-corrected chi connectivity index (χ2v) is 4.52. The molecule has 0 saturated carbocycles. The molecule has 8 heteroatoms. The maximum absolute atomic E-state index is 14.0. The average Bonchev–Trinajstić information content (AvgIpc) is 2.45. The van der Waals surface area contributed by atoms with Crippen LogP contribution in [0.1, 0.15) is 11.7 Å². The minimum Gasteiger partial charge on any atom is -0.479 e. The van der Waals surface area contributed by atoms with Crippen LogP contribution in [0.3, 0.4) is 0 Å². The topological polar surface area (TPSA) is 66.8 Å². The highest BCUT2D eigenvalue weighted by atomic mass is 19.4. The van der Waals surface area contributed by atoms with Gasteiger partial charge in [-0.15, -0.1) is 13.2 Å². The highest BCUT2D eigenvalue weighted by molar-refractivity contribution is 5.80. The Hall–Kier alpha value is -2.61. The van der Waals surface area contributed by atoms with Gasteiger partial charge in [-0.1, -0.05) is 24.3 Å². The van der Waals surface area contributed by atoms with E-state index in [1.807, 2.05) is 0 Å². The number of hydrogen-bond donors (Lipinski definition) is 2. The zero-order valence-electron chi connectivity index (χ0n) is 11.3. The Labute approximate surface area is 127 Å². The van der Waals surface area contributed by atoms with E-state index in [9.17, 15) is 27.5 Å². The average molecular weight is 330 g/mol. The Morgan fingerprint density at radius 3 is 2.22 bits per heavy atom. The molecule has 0 spiro atoms. The molecule has 2 aromatic rings. The molecule has 0 amide bonds. The fourth-order valence-electron chi connectivity index (χ4n) is 2.03. The third-order valence-corrected chi connectivity index (χ3v) is 2.95. The van der Waals surface area contributed by atoms with Gasteiger partial charge in [0.25, 0.3) is 0 Å². The fraction of sp³-hybridized carbons (Fsp3) is 0.133. The van der Waals surface area contributed by atoms with Crippen molar-refractivity contribution in [3.8, 4) is 16.9 Å². The smallest absolute Gasteiger partial charge is 0.479 e. The van der Waals surface area contributed by atoms with Gasteiger partial charge in [0.2, 0.25) is 0 Å². The molecular formula is C15H10F4O4. The molecule has 0 bridgehead atoms. The number of aliphatic carboxylic acids is 1. The largest absolute Gasteiger partial charge is 0.573 e. The van der Waals surface area contributed by atoms with Crippen molar-refractivity contribution in [2.75, 3.05) is 0 Å². The third kappa shape index (κ3) is 3.98. The van der Waals surface area contributed by atoms with E-state index in [0.717, 1.165) is 30.3 Å². The first-order chi connectivity index (χ1) is 10.7. The van der Waals surface area contributed by atoms with Gasteiger partial charge in [0, 0.05) is 11.1 Å². The molecule has 0 radical (unpaired) electrons. The lowest BCUT2D eigenvalue weighted by Gasteiger charge is -2.14. The number of benzene rings is 2. The minimum atomic E-state index is -4.86. The summed E-state index contributed by atoms with van der Waals surface area (Å²) in [6, 6.07) is 7.69. The number of carboxylic acid groups (broad SMARTS) is 1. The van der Waals surface area contributed by atoms with Gasteiger partial charge in [0.05, 0.1) is 0 Å². The number of rotatable bonds is 4. The predicted molar refractivity (Wildman–Crippen MR) is 71.1 cm³/mol. The summed E-state index contributed by atoms with van der Waals surface area (Å²) < 4.78 is 54.0. The second-order valence-electron chi connectivity index (χ2n) is 4.52. The lowest BCUT2D eigenvalue weighted by atomic mass is 9.95. The number of alkyl halides is 3. The number of aliphatic hydroxyl groups excluding tert-OH is 1. The van der Waals surface area contributed by atoms with Crippen LogP contribution in [0.5, 0.6) is 5.75 Å². The summed E-state index contributed by atoms with van der Waals surface area (Å²) in [4.78, 5) is 10.9.